The molecule has 1 N–H and O–H groups in total. The molecule has 1 unspecified atom stereocenters. The predicted octanol–water partition coefficient (Wildman–Crippen LogP) is 2.50. The van der Waals surface area contributed by atoms with E-state index >= 15 is 0 Å². The molecule has 1 aromatic rings. The Morgan fingerprint density at radius 2 is 2.35 bits per heavy atom. The van der Waals surface area contributed by atoms with Crippen molar-refractivity contribution < 1.29 is 9.53 Å². The Morgan fingerprint density at radius 3 is 2.90 bits per heavy atom. The Morgan fingerprint density at radius 1 is 1.55 bits per heavy atom. The van der Waals surface area contributed by atoms with E-state index in [-0.39, 0.29) is 5.97 Å². The Labute approximate surface area is 124 Å². The van der Waals surface area contributed by atoms with Gasteiger partial charge in [0.1, 0.15) is 5.54 Å². The molecule has 1 aromatic heterocycles. The zero-order valence-corrected chi connectivity index (χ0v) is 12.9. The van der Waals surface area contributed by atoms with Crippen LogP contribution in [0, 0.1) is 5.92 Å². The molecular weight excluding hydrogens is 272 g/mol. The van der Waals surface area contributed by atoms with E-state index in [0.717, 1.165) is 30.8 Å². The molecule has 110 valence electrons. The van der Waals surface area contributed by atoms with Crippen LogP contribution in [0.5, 0.6) is 0 Å². The van der Waals surface area contributed by atoms with Crippen LogP contribution in [-0.2, 0) is 9.53 Å². The normalized spacial score (nSPS) is 17.5. The number of carbonyl (C=O) groups excluding carboxylic acids is 1. The maximum Gasteiger partial charge on any atom is 0.327 e. The van der Waals surface area contributed by atoms with Crippen LogP contribution in [0.25, 0.3) is 0 Å². The largest absolute Gasteiger partial charge is 0.468 e. The molecule has 4 nitrogen and oxygen atoms in total. The Hall–Kier alpha value is -1.07. The number of hydrogen-bond acceptors (Lipinski definition) is 5. The molecule has 1 aliphatic carbocycles. The zero-order valence-electron chi connectivity index (χ0n) is 12.1. The number of rotatable bonds is 8. The smallest absolute Gasteiger partial charge is 0.327 e. The number of ether oxygens (including phenoxy) is 1. The molecule has 1 atom stereocenters. The van der Waals surface area contributed by atoms with Crippen molar-refractivity contribution in [1.82, 2.24) is 10.3 Å². The lowest BCUT2D eigenvalue weighted by atomic mass is 9.95. The number of nitrogens with one attached hydrogen (secondary N) is 1. The fraction of sp³-hybridized carbons (Fsp3) is 0.600. The first-order chi connectivity index (χ1) is 9.73. The summed E-state index contributed by atoms with van der Waals surface area (Å²) in [5.41, 5.74) is -0.563. The molecule has 1 heterocycles. The standard InChI is InChI=1S/C15H22N2O2S/c1-3-9-17-15(12-7-8-12,14(18)19-2)11-20-13-6-4-5-10-16-13/h4-6,10,12,17H,3,7-9,11H2,1-2H3. The molecule has 0 saturated heterocycles. The van der Waals surface area contributed by atoms with Gasteiger partial charge in [0.2, 0.25) is 0 Å². The van der Waals surface area contributed by atoms with Gasteiger partial charge in [-0.05, 0) is 43.9 Å². The van der Waals surface area contributed by atoms with Crippen LogP contribution in [0.1, 0.15) is 26.2 Å². The van der Waals surface area contributed by atoms with E-state index in [1.54, 1.807) is 18.0 Å². The molecule has 5 heteroatoms. The highest BCUT2D eigenvalue weighted by Crippen LogP contribution is 2.43. The molecule has 0 amide bonds. The second-order valence-electron chi connectivity index (χ2n) is 5.12. The maximum atomic E-state index is 12.3. The van der Waals surface area contributed by atoms with Crippen molar-refractivity contribution in [2.45, 2.75) is 36.8 Å². The molecule has 1 saturated carbocycles. The van der Waals surface area contributed by atoms with E-state index < -0.39 is 5.54 Å². The van der Waals surface area contributed by atoms with Gasteiger partial charge in [-0.2, -0.15) is 0 Å². The average molecular weight is 294 g/mol. The lowest BCUT2D eigenvalue weighted by Gasteiger charge is -2.32. The van der Waals surface area contributed by atoms with Gasteiger partial charge in [0.25, 0.3) is 0 Å². The van der Waals surface area contributed by atoms with Gasteiger partial charge in [-0.15, -0.1) is 11.8 Å². The Bertz CT molecular complexity index is 437. The van der Waals surface area contributed by atoms with Gasteiger partial charge in [-0.1, -0.05) is 13.0 Å². The molecule has 0 radical (unpaired) electrons. The minimum absolute atomic E-state index is 0.142. The lowest BCUT2D eigenvalue weighted by molar-refractivity contribution is -0.148. The number of carbonyl (C=O) groups is 1. The van der Waals surface area contributed by atoms with Crippen molar-refractivity contribution in [2.24, 2.45) is 5.92 Å². The van der Waals surface area contributed by atoms with Crippen LogP contribution >= 0.6 is 11.8 Å². The van der Waals surface area contributed by atoms with E-state index in [9.17, 15) is 4.79 Å². The molecule has 0 bridgehead atoms. The van der Waals surface area contributed by atoms with E-state index in [0.29, 0.717) is 11.7 Å². The van der Waals surface area contributed by atoms with Crippen molar-refractivity contribution >= 4 is 17.7 Å². The predicted molar refractivity (Wildman–Crippen MR) is 80.7 cm³/mol. The number of hydrogen-bond donors (Lipinski definition) is 1. The third-order valence-electron chi connectivity index (χ3n) is 3.60. The summed E-state index contributed by atoms with van der Waals surface area (Å²) in [4.78, 5) is 16.6. The van der Waals surface area contributed by atoms with Gasteiger partial charge < -0.3 is 10.1 Å². The molecule has 1 aliphatic rings. The minimum atomic E-state index is -0.563. The Balaban J connectivity index is 2.10. The van der Waals surface area contributed by atoms with Crippen LogP contribution in [0.3, 0.4) is 0 Å². The van der Waals surface area contributed by atoms with Gasteiger partial charge in [0.15, 0.2) is 0 Å². The molecule has 20 heavy (non-hydrogen) atoms. The first-order valence-electron chi connectivity index (χ1n) is 7.10. The van der Waals surface area contributed by atoms with Gasteiger partial charge in [-0.25, -0.2) is 4.98 Å². The third kappa shape index (κ3) is 3.52. The van der Waals surface area contributed by atoms with E-state index in [4.69, 9.17) is 4.74 Å². The van der Waals surface area contributed by atoms with Crippen LogP contribution in [-0.4, -0.2) is 35.9 Å². The summed E-state index contributed by atoms with van der Waals surface area (Å²) in [6.45, 7) is 2.93. The molecule has 0 aliphatic heterocycles. The van der Waals surface area contributed by atoms with Crippen molar-refractivity contribution in [3.63, 3.8) is 0 Å². The second kappa shape index (κ2) is 7.09. The number of nitrogens with zero attached hydrogens (tertiary/aromatic N) is 1. The molecule has 1 fully saturated rings. The second-order valence-corrected chi connectivity index (χ2v) is 6.12. The Kier molecular flexibility index (Phi) is 5.43. The number of thioether (sulfide) groups is 1. The topological polar surface area (TPSA) is 51.2 Å². The highest BCUT2D eigenvalue weighted by Gasteiger charge is 2.51. The van der Waals surface area contributed by atoms with Crippen molar-refractivity contribution in [2.75, 3.05) is 19.4 Å². The minimum Gasteiger partial charge on any atom is -0.468 e. The van der Waals surface area contributed by atoms with Crippen LogP contribution < -0.4 is 5.32 Å². The van der Waals surface area contributed by atoms with Crippen LogP contribution in [0.2, 0.25) is 0 Å². The summed E-state index contributed by atoms with van der Waals surface area (Å²) in [6, 6.07) is 5.83. The molecular formula is C15H22N2O2S. The summed E-state index contributed by atoms with van der Waals surface area (Å²) in [6.07, 6.45) is 4.96. The summed E-state index contributed by atoms with van der Waals surface area (Å²) in [5.74, 6) is 0.913. The number of pyridine rings is 1. The fourth-order valence-electron chi connectivity index (χ4n) is 2.34. The molecule has 0 aromatic carbocycles. The summed E-state index contributed by atoms with van der Waals surface area (Å²) in [5, 5.41) is 4.39. The van der Waals surface area contributed by atoms with E-state index in [2.05, 4.69) is 17.2 Å². The van der Waals surface area contributed by atoms with Gasteiger partial charge in [-0.3, -0.25) is 4.79 Å². The van der Waals surface area contributed by atoms with Crippen molar-refractivity contribution in [1.29, 1.82) is 0 Å². The van der Waals surface area contributed by atoms with Crippen LogP contribution in [0.15, 0.2) is 29.4 Å². The van der Waals surface area contributed by atoms with Gasteiger partial charge in [0, 0.05) is 11.9 Å². The summed E-state index contributed by atoms with van der Waals surface area (Å²) >= 11 is 1.62. The summed E-state index contributed by atoms with van der Waals surface area (Å²) < 4.78 is 5.07. The number of esters is 1. The average Bonchev–Trinajstić information content (AvgIpc) is 3.33. The third-order valence-corrected chi connectivity index (χ3v) is 4.74. The molecule has 2 rings (SSSR count). The maximum absolute atomic E-state index is 12.3. The quantitative estimate of drug-likeness (QED) is 0.590. The first kappa shape index (κ1) is 15.3. The number of methoxy groups -OCH3 is 1. The van der Waals surface area contributed by atoms with Crippen molar-refractivity contribution in [3.05, 3.63) is 24.4 Å². The fourth-order valence-corrected chi connectivity index (χ4v) is 3.48. The van der Waals surface area contributed by atoms with Crippen LogP contribution in [0.4, 0.5) is 0 Å². The zero-order chi connectivity index (χ0) is 14.4. The van der Waals surface area contributed by atoms with Gasteiger partial charge >= 0.3 is 5.97 Å². The summed E-state index contributed by atoms with van der Waals surface area (Å²) in [7, 11) is 1.47. The SMILES string of the molecule is CCCNC(CSc1ccccn1)(C(=O)OC)C1CC1. The van der Waals surface area contributed by atoms with Crippen molar-refractivity contribution in [3.8, 4) is 0 Å². The first-order valence-corrected chi connectivity index (χ1v) is 8.08. The van der Waals surface area contributed by atoms with Gasteiger partial charge in [0.05, 0.1) is 12.1 Å². The van der Waals surface area contributed by atoms with E-state index in [1.807, 2.05) is 18.2 Å². The number of aromatic nitrogens is 1. The monoisotopic (exact) mass is 294 g/mol. The molecule has 0 spiro atoms. The van der Waals surface area contributed by atoms with E-state index in [1.165, 1.54) is 7.11 Å². The highest BCUT2D eigenvalue weighted by molar-refractivity contribution is 7.99. The highest BCUT2D eigenvalue weighted by atomic mass is 32.2. The lowest BCUT2D eigenvalue weighted by Crippen LogP contribution is -2.57.